The standard InChI is InChI=1S/C10H15.2C6H5.Ti/c1-6-7(2)9(4)10(5)8(6)3;2*1-2-4-6-5-3-1;/h1-5H3;2*1-5H;/q3*-1;+3. The van der Waals surface area contributed by atoms with Gasteiger partial charge in [0.2, 0.25) is 0 Å². The first-order chi connectivity index (χ1) is 10.6. The Hall–Kier alpha value is -1.50. The van der Waals surface area contributed by atoms with E-state index in [1.54, 1.807) is 0 Å². The molecule has 0 N–H and O–H groups in total. The van der Waals surface area contributed by atoms with Crippen molar-refractivity contribution in [1.29, 1.82) is 0 Å². The Morgan fingerprint density at radius 2 is 0.913 bits per heavy atom. The number of benzene rings is 2. The van der Waals surface area contributed by atoms with E-state index in [1.165, 1.54) is 27.8 Å². The van der Waals surface area contributed by atoms with E-state index in [0.29, 0.717) is 0 Å². The molecule has 0 atom stereocenters. The quantitative estimate of drug-likeness (QED) is 0.353. The van der Waals surface area contributed by atoms with Gasteiger partial charge < -0.3 is 0 Å². The van der Waals surface area contributed by atoms with Crippen LogP contribution in [0.25, 0.3) is 0 Å². The number of rotatable bonds is 0. The summed E-state index contributed by atoms with van der Waals surface area (Å²) in [5.74, 6) is 0. The van der Waals surface area contributed by atoms with Gasteiger partial charge in [-0.15, -0.1) is 0 Å². The molecule has 3 rings (SSSR count). The van der Waals surface area contributed by atoms with Crippen molar-refractivity contribution in [2.24, 2.45) is 0 Å². The van der Waals surface area contributed by atoms with Crippen molar-refractivity contribution < 1.29 is 21.7 Å². The van der Waals surface area contributed by atoms with Crippen LogP contribution < -0.4 is 0 Å². The minimum atomic E-state index is 0. The molecular formula is C22H25Ti. The van der Waals surface area contributed by atoms with Crippen LogP contribution in [0.2, 0.25) is 0 Å². The number of hydrogen-bond acceptors (Lipinski definition) is 0. The fraction of sp³-hybridized carbons (Fsp3) is 0.227. The van der Waals surface area contributed by atoms with Crippen LogP contribution in [0.5, 0.6) is 0 Å². The summed E-state index contributed by atoms with van der Waals surface area (Å²) in [7, 11) is 0. The first kappa shape index (κ1) is 21.5. The van der Waals surface area contributed by atoms with Crippen molar-refractivity contribution in [3.63, 3.8) is 0 Å². The van der Waals surface area contributed by atoms with Crippen molar-refractivity contribution in [3.05, 3.63) is 101 Å². The second-order valence-corrected chi connectivity index (χ2v) is 5.28. The van der Waals surface area contributed by atoms with Gasteiger partial charge in [-0.05, 0) is 0 Å². The summed E-state index contributed by atoms with van der Waals surface area (Å²) in [4.78, 5) is 0. The topological polar surface area (TPSA) is 0 Å². The predicted octanol–water partition coefficient (Wildman–Crippen LogP) is 5.92. The largest absolute Gasteiger partial charge is 3.00 e. The van der Waals surface area contributed by atoms with E-state index in [1.807, 2.05) is 60.7 Å². The molecule has 0 unspecified atom stereocenters. The van der Waals surface area contributed by atoms with Gasteiger partial charge in [0.15, 0.2) is 0 Å². The van der Waals surface area contributed by atoms with Gasteiger partial charge in [-0.3, -0.25) is 0 Å². The van der Waals surface area contributed by atoms with E-state index < -0.39 is 0 Å². The third-order valence-electron chi connectivity index (χ3n) is 4.03. The van der Waals surface area contributed by atoms with Crippen LogP contribution in [0, 0.1) is 46.8 Å². The molecule has 3 aromatic rings. The minimum Gasteiger partial charge on any atom is -0.196 e. The van der Waals surface area contributed by atoms with Crippen molar-refractivity contribution in [3.8, 4) is 0 Å². The molecule has 0 bridgehead atoms. The van der Waals surface area contributed by atoms with Crippen molar-refractivity contribution in [2.75, 3.05) is 0 Å². The SMILES string of the molecule is Cc1c(C)c(C)[c-](C)c1C.[Ti+3].[c-]1ccccc1.[c-]1ccccc1. The Morgan fingerprint density at radius 1 is 0.609 bits per heavy atom. The molecule has 0 fully saturated rings. The van der Waals surface area contributed by atoms with Gasteiger partial charge >= 0.3 is 21.7 Å². The summed E-state index contributed by atoms with van der Waals surface area (Å²) in [6.07, 6.45) is 0. The Balaban J connectivity index is 0.000000325. The van der Waals surface area contributed by atoms with Gasteiger partial charge in [0.05, 0.1) is 0 Å². The van der Waals surface area contributed by atoms with Crippen LogP contribution in [-0.4, -0.2) is 0 Å². The average molecular weight is 337 g/mol. The summed E-state index contributed by atoms with van der Waals surface area (Å²) < 4.78 is 0. The summed E-state index contributed by atoms with van der Waals surface area (Å²) in [6.45, 7) is 11.0. The molecule has 0 aliphatic rings. The summed E-state index contributed by atoms with van der Waals surface area (Å²) in [6, 6.07) is 25.0. The van der Waals surface area contributed by atoms with Crippen LogP contribution in [0.3, 0.4) is 0 Å². The molecule has 0 amide bonds. The predicted molar refractivity (Wildman–Crippen MR) is 96.3 cm³/mol. The van der Waals surface area contributed by atoms with E-state index in [0.717, 1.165) is 0 Å². The summed E-state index contributed by atoms with van der Waals surface area (Å²) in [5.41, 5.74) is 7.34. The van der Waals surface area contributed by atoms with E-state index in [4.69, 9.17) is 0 Å². The van der Waals surface area contributed by atoms with Gasteiger partial charge in [0, 0.05) is 0 Å². The van der Waals surface area contributed by atoms with E-state index in [9.17, 15) is 0 Å². The van der Waals surface area contributed by atoms with E-state index in [2.05, 4.69) is 46.8 Å². The molecule has 3 aromatic carbocycles. The Labute approximate surface area is 156 Å². The minimum absolute atomic E-state index is 0. The van der Waals surface area contributed by atoms with Crippen LogP contribution >= 0.6 is 0 Å². The monoisotopic (exact) mass is 337 g/mol. The summed E-state index contributed by atoms with van der Waals surface area (Å²) >= 11 is 0. The van der Waals surface area contributed by atoms with Crippen molar-refractivity contribution in [2.45, 2.75) is 34.6 Å². The normalized spacial score (nSPS) is 8.74. The molecule has 0 aliphatic heterocycles. The maximum atomic E-state index is 2.89. The molecule has 1 radical (unpaired) electrons. The average Bonchev–Trinajstić information content (AvgIpc) is 2.77. The second-order valence-electron chi connectivity index (χ2n) is 5.28. The molecule has 0 saturated carbocycles. The molecule has 1 heteroatoms. The molecule has 0 aromatic heterocycles. The Morgan fingerprint density at radius 3 is 1.00 bits per heavy atom. The molecule has 0 aliphatic carbocycles. The zero-order valence-electron chi connectivity index (χ0n) is 14.8. The van der Waals surface area contributed by atoms with Crippen LogP contribution in [0.15, 0.2) is 60.7 Å². The van der Waals surface area contributed by atoms with Gasteiger partial charge in [-0.1, -0.05) is 34.6 Å². The molecule has 0 saturated heterocycles. The molecule has 23 heavy (non-hydrogen) atoms. The maximum absolute atomic E-state index is 2.89. The first-order valence-electron chi connectivity index (χ1n) is 7.57. The van der Waals surface area contributed by atoms with Crippen molar-refractivity contribution >= 4 is 0 Å². The fourth-order valence-corrected chi connectivity index (χ4v) is 2.09. The van der Waals surface area contributed by atoms with Gasteiger partial charge in [-0.25, -0.2) is 0 Å². The second kappa shape index (κ2) is 12.0. The first-order valence-corrected chi connectivity index (χ1v) is 7.57. The Bertz CT molecular complexity index is 472. The Kier molecular flexibility index (Phi) is 11.2. The molecule has 117 valence electrons. The van der Waals surface area contributed by atoms with Gasteiger partial charge in [0.1, 0.15) is 0 Å². The van der Waals surface area contributed by atoms with Crippen LogP contribution in [0.1, 0.15) is 27.8 Å². The molecule has 0 spiro atoms. The fourth-order valence-electron chi connectivity index (χ4n) is 2.09. The summed E-state index contributed by atoms with van der Waals surface area (Å²) in [5, 5.41) is 0. The molecule has 0 heterocycles. The van der Waals surface area contributed by atoms with Gasteiger partial charge in [0.25, 0.3) is 0 Å². The van der Waals surface area contributed by atoms with Crippen LogP contribution in [-0.2, 0) is 21.7 Å². The van der Waals surface area contributed by atoms with Crippen molar-refractivity contribution in [1.82, 2.24) is 0 Å². The molecular weight excluding hydrogens is 312 g/mol. The number of hydrogen-bond donors (Lipinski definition) is 0. The third-order valence-corrected chi connectivity index (χ3v) is 4.03. The molecule has 0 nitrogen and oxygen atoms in total. The van der Waals surface area contributed by atoms with E-state index >= 15 is 0 Å². The zero-order valence-corrected chi connectivity index (χ0v) is 16.3. The zero-order chi connectivity index (χ0) is 16.4. The van der Waals surface area contributed by atoms with E-state index in [-0.39, 0.29) is 21.7 Å². The van der Waals surface area contributed by atoms with Crippen LogP contribution in [0.4, 0.5) is 0 Å². The smallest absolute Gasteiger partial charge is 0.196 e. The van der Waals surface area contributed by atoms with Gasteiger partial charge in [-0.2, -0.15) is 101 Å². The third kappa shape index (κ3) is 7.55. The maximum Gasteiger partial charge on any atom is 3.00 e.